The van der Waals surface area contributed by atoms with Crippen LogP contribution in [0.25, 0.3) is 0 Å². The summed E-state index contributed by atoms with van der Waals surface area (Å²) in [7, 11) is 0. The lowest BCUT2D eigenvalue weighted by atomic mass is 9.99. The summed E-state index contributed by atoms with van der Waals surface area (Å²) in [5, 5.41) is 23.4. The molecule has 7 heteroatoms. The van der Waals surface area contributed by atoms with Crippen LogP contribution in [0, 0.1) is 17.2 Å². The topological polar surface area (TPSA) is 119 Å². The summed E-state index contributed by atoms with van der Waals surface area (Å²) in [4.78, 5) is 35.0. The van der Waals surface area contributed by atoms with Crippen LogP contribution in [0.1, 0.15) is 31.9 Å². The highest BCUT2D eigenvalue weighted by molar-refractivity contribution is 5.90. The number of rotatable bonds is 7. The van der Waals surface area contributed by atoms with Crippen molar-refractivity contribution in [3.63, 3.8) is 0 Å². The zero-order valence-electron chi connectivity index (χ0n) is 13.9. The maximum Gasteiger partial charge on any atom is 0.326 e. The standard InChI is InChI=1S/C17H21N3O4/c1-10(2)15(19-11(3)21)16(22)20-14(17(23)24)8-12-6-4-5-7-13(12)9-18/h4-7,10,14-15H,8H2,1-3H3,(H,19,21)(H,20,22)(H,23,24)/t14-,15-/m1/s1. The number of nitrogens with zero attached hydrogens (tertiary/aromatic N) is 1. The summed E-state index contributed by atoms with van der Waals surface area (Å²) >= 11 is 0. The fourth-order valence-electron chi connectivity index (χ4n) is 2.24. The van der Waals surface area contributed by atoms with Crippen molar-refractivity contribution >= 4 is 17.8 Å². The number of aliphatic carboxylic acids is 1. The second-order valence-corrected chi connectivity index (χ2v) is 5.79. The normalized spacial score (nSPS) is 12.8. The number of carbonyl (C=O) groups excluding carboxylic acids is 2. The van der Waals surface area contributed by atoms with Crippen LogP contribution in [0.15, 0.2) is 24.3 Å². The Hall–Kier alpha value is -2.88. The van der Waals surface area contributed by atoms with Crippen molar-refractivity contribution in [2.75, 3.05) is 0 Å². The number of benzene rings is 1. The smallest absolute Gasteiger partial charge is 0.326 e. The molecule has 0 bridgehead atoms. The van der Waals surface area contributed by atoms with Crippen molar-refractivity contribution in [2.24, 2.45) is 5.92 Å². The Balaban J connectivity index is 2.93. The van der Waals surface area contributed by atoms with Gasteiger partial charge in [-0.3, -0.25) is 9.59 Å². The molecule has 7 nitrogen and oxygen atoms in total. The molecule has 0 spiro atoms. The maximum atomic E-state index is 12.3. The van der Waals surface area contributed by atoms with Gasteiger partial charge in [-0.2, -0.15) is 5.26 Å². The lowest BCUT2D eigenvalue weighted by Crippen LogP contribution is -2.53. The van der Waals surface area contributed by atoms with Gasteiger partial charge in [0, 0.05) is 13.3 Å². The van der Waals surface area contributed by atoms with Gasteiger partial charge >= 0.3 is 5.97 Å². The van der Waals surface area contributed by atoms with Crippen molar-refractivity contribution < 1.29 is 19.5 Å². The van der Waals surface area contributed by atoms with E-state index in [1.165, 1.54) is 6.92 Å². The van der Waals surface area contributed by atoms with E-state index in [0.717, 1.165) is 0 Å². The third-order valence-electron chi connectivity index (χ3n) is 3.48. The van der Waals surface area contributed by atoms with E-state index in [1.807, 2.05) is 6.07 Å². The highest BCUT2D eigenvalue weighted by atomic mass is 16.4. The van der Waals surface area contributed by atoms with Gasteiger partial charge in [0.2, 0.25) is 11.8 Å². The van der Waals surface area contributed by atoms with E-state index in [1.54, 1.807) is 38.1 Å². The summed E-state index contributed by atoms with van der Waals surface area (Å²) in [5.74, 6) is -2.34. The number of carboxylic acid groups (broad SMARTS) is 1. The molecule has 0 fully saturated rings. The molecule has 1 aromatic carbocycles. The molecule has 128 valence electrons. The zero-order chi connectivity index (χ0) is 18.3. The van der Waals surface area contributed by atoms with Gasteiger partial charge in [0.1, 0.15) is 12.1 Å². The maximum absolute atomic E-state index is 12.3. The molecule has 0 aromatic heterocycles. The molecule has 1 aromatic rings. The second kappa shape index (κ2) is 8.67. The minimum absolute atomic E-state index is 0.0182. The molecule has 2 atom stereocenters. The molecular weight excluding hydrogens is 310 g/mol. The van der Waals surface area contributed by atoms with E-state index in [9.17, 15) is 19.5 Å². The van der Waals surface area contributed by atoms with Crippen molar-refractivity contribution in [2.45, 2.75) is 39.3 Å². The third kappa shape index (κ3) is 5.39. The van der Waals surface area contributed by atoms with Crippen LogP contribution >= 0.6 is 0 Å². The van der Waals surface area contributed by atoms with E-state index in [-0.39, 0.29) is 18.2 Å². The van der Waals surface area contributed by atoms with Crippen LogP contribution in [-0.4, -0.2) is 35.0 Å². The summed E-state index contributed by atoms with van der Waals surface area (Å²) in [5.41, 5.74) is 0.897. The molecule has 0 aliphatic heterocycles. The Morgan fingerprint density at radius 1 is 1.21 bits per heavy atom. The number of nitrogens with one attached hydrogen (secondary N) is 2. The largest absolute Gasteiger partial charge is 0.480 e. The molecule has 0 radical (unpaired) electrons. The van der Waals surface area contributed by atoms with Gasteiger partial charge in [-0.25, -0.2) is 4.79 Å². The first-order valence-electron chi connectivity index (χ1n) is 7.54. The monoisotopic (exact) mass is 331 g/mol. The van der Waals surface area contributed by atoms with Gasteiger partial charge in [0.15, 0.2) is 0 Å². The Kier molecular flexibility index (Phi) is 6.93. The number of amides is 2. The van der Waals surface area contributed by atoms with E-state index >= 15 is 0 Å². The van der Waals surface area contributed by atoms with E-state index in [0.29, 0.717) is 11.1 Å². The summed E-state index contributed by atoms with van der Waals surface area (Å²) in [6.07, 6.45) is -0.0182. The van der Waals surface area contributed by atoms with Crippen LogP contribution in [0.3, 0.4) is 0 Å². The molecular formula is C17H21N3O4. The number of hydrogen-bond donors (Lipinski definition) is 3. The molecule has 0 aliphatic carbocycles. The summed E-state index contributed by atoms with van der Waals surface area (Å²) in [6.45, 7) is 4.79. The predicted molar refractivity (Wildman–Crippen MR) is 86.9 cm³/mol. The van der Waals surface area contributed by atoms with Gasteiger partial charge in [-0.05, 0) is 17.5 Å². The fraction of sp³-hybridized carbons (Fsp3) is 0.412. The lowest BCUT2D eigenvalue weighted by Gasteiger charge is -2.23. The first-order valence-corrected chi connectivity index (χ1v) is 7.54. The summed E-state index contributed by atoms with van der Waals surface area (Å²) < 4.78 is 0. The minimum Gasteiger partial charge on any atom is -0.480 e. The van der Waals surface area contributed by atoms with E-state index in [4.69, 9.17) is 5.26 Å². The Labute approximate surface area is 140 Å². The number of carboxylic acids is 1. The second-order valence-electron chi connectivity index (χ2n) is 5.79. The van der Waals surface area contributed by atoms with E-state index in [2.05, 4.69) is 10.6 Å². The predicted octanol–water partition coefficient (Wildman–Crippen LogP) is 0.831. The van der Waals surface area contributed by atoms with Gasteiger partial charge in [0.25, 0.3) is 0 Å². The first kappa shape index (κ1) is 19.2. The summed E-state index contributed by atoms with van der Waals surface area (Å²) in [6, 6.07) is 6.60. The number of hydrogen-bond acceptors (Lipinski definition) is 4. The van der Waals surface area contributed by atoms with Gasteiger partial charge < -0.3 is 15.7 Å². The molecule has 2 amide bonds. The number of nitriles is 1. The Morgan fingerprint density at radius 3 is 2.33 bits per heavy atom. The molecule has 24 heavy (non-hydrogen) atoms. The minimum atomic E-state index is -1.21. The van der Waals surface area contributed by atoms with Crippen LogP contribution < -0.4 is 10.6 Å². The number of carbonyl (C=O) groups is 3. The molecule has 3 N–H and O–H groups in total. The third-order valence-corrected chi connectivity index (χ3v) is 3.48. The van der Waals surface area contributed by atoms with Crippen molar-refractivity contribution in [3.8, 4) is 6.07 Å². The SMILES string of the molecule is CC(=O)N[C@@H](C(=O)N[C@H](Cc1ccccc1C#N)C(=O)O)C(C)C. The van der Waals surface area contributed by atoms with Crippen molar-refractivity contribution in [1.29, 1.82) is 5.26 Å². The van der Waals surface area contributed by atoms with Crippen LogP contribution in [0.2, 0.25) is 0 Å². The molecule has 0 aliphatic rings. The van der Waals surface area contributed by atoms with Crippen molar-refractivity contribution in [3.05, 3.63) is 35.4 Å². The Morgan fingerprint density at radius 2 is 1.83 bits per heavy atom. The molecule has 0 heterocycles. The van der Waals surface area contributed by atoms with Crippen LogP contribution in [0.4, 0.5) is 0 Å². The van der Waals surface area contributed by atoms with Crippen molar-refractivity contribution in [1.82, 2.24) is 10.6 Å². The van der Waals surface area contributed by atoms with Crippen LogP contribution in [-0.2, 0) is 20.8 Å². The fourth-order valence-corrected chi connectivity index (χ4v) is 2.24. The quantitative estimate of drug-likeness (QED) is 0.684. The average molecular weight is 331 g/mol. The lowest BCUT2D eigenvalue weighted by molar-refractivity contribution is -0.142. The van der Waals surface area contributed by atoms with Gasteiger partial charge in [-0.1, -0.05) is 32.0 Å². The molecule has 0 unspecified atom stereocenters. The highest BCUT2D eigenvalue weighted by Gasteiger charge is 2.28. The Bertz CT molecular complexity index is 664. The molecule has 0 saturated heterocycles. The van der Waals surface area contributed by atoms with E-state index < -0.39 is 24.0 Å². The zero-order valence-corrected chi connectivity index (χ0v) is 13.9. The average Bonchev–Trinajstić information content (AvgIpc) is 2.51. The van der Waals surface area contributed by atoms with Crippen LogP contribution in [0.5, 0.6) is 0 Å². The van der Waals surface area contributed by atoms with Gasteiger partial charge in [-0.15, -0.1) is 0 Å². The molecule has 1 rings (SSSR count). The first-order chi connectivity index (χ1) is 11.3. The van der Waals surface area contributed by atoms with Gasteiger partial charge in [0.05, 0.1) is 11.6 Å². The highest BCUT2D eigenvalue weighted by Crippen LogP contribution is 2.11. The molecule has 0 saturated carbocycles.